The standard InChI is InChI=1S/C12H18N4O2/c1-7-10(8(2)16-15-7)5-12(18)14-9-3-4-11(17)13-6-9/h9H,3-6H2,1-2H3,(H,13,17)(H,14,18)(H,15,16). The molecule has 6 heteroatoms. The van der Waals surface area contributed by atoms with E-state index in [4.69, 9.17) is 0 Å². The minimum absolute atomic E-state index is 0.0243. The number of aromatic nitrogens is 2. The van der Waals surface area contributed by atoms with Crippen molar-refractivity contribution in [2.45, 2.75) is 39.2 Å². The normalized spacial score (nSPS) is 19.4. The lowest BCUT2D eigenvalue weighted by molar-refractivity contribution is -0.125. The van der Waals surface area contributed by atoms with Crippen LogP contribution in [0.2, 0.25) is 0 Å². The van der Waals surface area contributed by atoms with Crippen molar-refractivity contribution in [1.82, 2.24) is 20.8 Å². The molecule has 1 saturated heterocycles. The molecule has 1 atom stereocenters. The van der Waals surface area contributed by atoms with E-state index in [9.17, 15) is 9.59 Å². The first-order valence-corrected chi connectivity index (χ1v) is 6.12. The number of nitrogens with one attached hydrogen (secondary N) is 3. The number of carbonyl (C=O) groups excluding carboxylic acids is 2. The Morgan fingerprint density at radius 2 is 2.28 bits per heavy atom. The molecule has 0 radical (unpaired) electrons. The van der Waals surface area contributed by atoms with Crippen molar-refractivity contribution in [2.24, 2.45) is 0 Å². The van der Waals surface area contributed by atoms with Crippen LogP contribution < -0.4 is 10.6 Å². The van der Waals surface area contributed by atoms with Crippen molar-refractivity contribution < 1.29 is 9.59 Å². The summed E-state index contributed by atoms with van der Waals surface area (Å²) in [6.07, 6.45) is 1.52. The second kappa shape index (κ2) is 5.20. The first-order valence-electron chi connectivity index (χ1n) is 6.12. The molecule has 2 rings (SSSR count). The van der Waals surface area contributed by atoms with Crippen LogP contribution in [-0.4, -0.2) is 34.6 Å². The molecule has 0 saturated carbocycles. The van der Waals surface area contributed by atoms with Crippen LogP contribution in [0.1, 0.15) is 29.8 Å². The van der Waals surface area contributed by atoms with Crippen molar-refractivity contribution in [3.8, 4) is 0 Å². The molecule has 98 valence electrons. The largest absolute Gasteiger partial charge is 0.354 e. The van der Waals surface area contributed by atoms with Gasteiger partial charge in [0.15, 0.2) is 0 Å². The Hall–Kier alpha value is -1.85. The number of amides is 2. The fourth-order valence-electron chi connectivity index (χ4n) is 2.13. The van der Waals surface area contributed by atoms with Gasteiger partial charge in [0.1, 0.15) is 0 Å². The van der Waals surface area contributed by atoms with Crippen LogP contribution in [0.5, 0.6) is 0 Å². The minimum Gasteiger partial charge on any atom is -0.354 e. The summed E-state index contributed by atoms with van der Waals surface area (Å²) in [6, 6.07) is 0.0442. The maximum absolute atomic E-state index is 11.9. The fourth-order valence-corrected chi connectivity index (χ4v) is 2.13. The van der Waals surface area contributed by atoms with Gasteiger partial charge in [0.05, 0.1) is 12.1 Å². The molecule has 6 nitrogen and oxygen atoms in total. The van der Waals surface area contributed by atoms with Gasteiger partial charge in [-0.05, 0) is 20.3 Å². The molecule has 0 spiro atoms. The Bertz CT molecular complexity index is 437. The Morgan fingerprint density at radius 1 is 1.50 bits per heavy atom. The third-order valence-electron chi connectivity index (χ3n) is 3.25. The van der Waals surface area contributed by atoms with Gasteiger partial charge in [-0.3, -0.25) is 14.7 Å². The molecular weight excluding hydrogens is 232 g/mol. The van der Waals surface area contributed by atoms with Gasteiger partial charge in [-0.2, -0.15) is 5.10 Å². The third kappa shape index (κ3) is 2.88. The van der Waals surface area contributed by atoms with E-state index in [0.717, 1.165) is 17.0 Å². The molecule has 1 fully saturated rings. The summed E-state index contributed by atoms with van der Waals surface area (Å²) in [5.74, 6) is 0.0331. The predicted octanol–water partition coefficient (Wildman–Crippen LogP) is -0.0362. The maximum atomic E-state index is 11.9. The molecule has 18 heavy (non-hydrogen) atoms. The van der Waals surface area contributed by atoms with Gasteiger partial charge < -0.3 is 10.6 Å². The van der Waals surface area contributed by atoms with E-state index in [0.29, 0.717) is 25.8 Å². The highest BCUT2D eigenvalue weighted by molar-refractivity contribution is 5.80. The number of H-pyrrole nitrogens is 1. The Kier molecular flexibility index (Phi) is 3.64. The van der Waals surface area contributed by atoms with Crippen LogP contribution in [0.4, 0.5) is 0 Å². The molecular formula is C12H18N4O2. The van der Waals surface area contributed by atoms with E-state index < -0.39 is 0 Å². The summed E-state index contributed by atoms with van der Waals surface area (Å²) in [5, 5.41) is 12.6. The molecule has 1 aliphatic rings. The van der Waals surface area contributed by atoms with Gasteiger partial charge >= 0.3 is 0 Å². The third-order valence-corrected chi connectivity index (χ3v) is 3.25. The van der Waals surface area contributed by atoms with Gasteiger partial charge in [0.25, 0.3) is 0 Å². The van der Waals surface area contributed by atoms with Crippen molar-refractivity contribution >= 4 is 11.8 Å². The lowest BCUT2D eigenvalue weighted by atomic mass is 10.1. The average Bonchev–Trinajstić information content (AvgIpc) is 2.64. The van der Waals surface area contributed by atoms with Gasteiger partial charge in [-0.1, -0.05) is 0 Å². The van der Waals surface area contributed by atoms with Gasteiger partial charge in [-0.25, -0.2) is 0 Å². The van der Waals surface area contributed by atoms with Gasteiger partial charge in [0, 0.05) is 30.3 Å². The van der Waals surface area contributed by atoms with Crippen molar-refractivity contribution in [1.29, 1.82) is 0 Å². The summed E-state index contributed by atoms with van der Waals surface area (Å²) in [5.41, 5.74) is 2.74. The molecule has 1 unspecified atom stereocenters. The van der Waals surface area contributed by atoms with Crippen LogP contribution in [0.3, 0.4) is 0 Å². The summed E-state index contributed by atoms with van der Waals surface area (Å²) in [4.78, 5) is 22.9. The molecule has 2 amide bonds. The molecule has 1 aliphatic heterocycles. The number of hydrogen-bond acceptors (Lipinski definition) is 3. The van der Waals surface area contributed by atoms with E-state index in [1.807, 2.05) is 13.8 Å². The molecule has 0 bridgehead atoms. The number of aryl methyl sites for hydroxylation is 2. The first-order chi connectivity index (χ1) is 8.56. The maximum Gasteiger partial charge on any atom is 0.224 e. The second-order valence-corrected chi connectivity index (χ2v) is 4.70. The zero-order valence-electron chi connectivity index (χ0n) is 10.7. The summed E-state index contributed by atoms with van der Waals surface area (Å²) in [7, 11) is 0. The highest BCUT2D eigenvalue weighted by Crippen LogP contribution is 2.10. The summed E-state index contributed by atoms with van der Waals surface area (Å²) in [6.45, 7) is 4.31. The topological polar surface area (TPSA) is 86.9 Å². The van der Waals surface area contributed by atoms with Crippen LogP contribution >= 0.6 is 0 Å². The van der Waals surface area contributed by atoms with E-state index in [-0.39, 0.29) is 17.9 Å². The fraction of sp³-hybridized carbons (Fsp3) is 0.583. The van der Waals surface area contributed by atoms with Crippen LogP contribution in [-0.2, 0) is 16.0 Å². The van der Waals surface area contributed by atoms with Crippen LogP contribution in [0.15, 0.2) is 0 Å². The van der Waals surface area contributed by atoms with Crippen LogP contribution in [0.25, 0.3) is 0 Å². The average molecular weight is 250 g/mol. The van der Waals surface area contributed by atoms with Gasteiger partial charge in [-0.15, -0.1) is 0 Å². The lowest BCUT2D eigenvalue weighted by Crippen LogP contribution is -2.48. The lowest BCUT2D eigenvalue weighted by Gasteiger charge is -2.23. The molecule has 1 aromatic rings. The van der Waals surface area contributed by atoms with Crippen molar-refractivity contribution in [2.75, 3.05) is 6.54 Å². The van der Waals surface area contributed by atoms with Crippen molar-refractivity contribution in [3.05, 3.63) is 17.0 Å². The Morgan fingerprint density at radius 3 is 2.83 bits per heavy atom. The van der Waals surface area contributed by atoms with E-state index in [1.165, 1.54) is 0 Å². The number of aromatic amines is 1. The molecule has 0 aromatic carbocycles. The summed E-state index contributed by atoms with van der Waals surface area (Å²) >= 11 is 0. The van der Waals surface area contributed by atoms with E-state index in [1.54, 1.807) is 0 Å². The van der Waals surface area contributed by atoms with E-state index >= 15 is 0 Å². The SMILES string of the molecule is Cc1n[nH]c(C)c1CC(=O)NC1CCC(=O)NC1. The minimum atomic E-state index is -0.0243. The molecule has 2 heterocycles. The zero-order valence-corrected chi connectivity index (χ0v) is 10.7. The molecule has 1 aromatic heterocycles. The zero-order chi connectivity index (χ0) is 13.1. The second-order valence-electron chi connectivity index (χ2n) is 4.70. The number of hydrogen-bond donors (Lipinski definition) is 3. The number of nitrogens with zero attached hydrogens (tertiary/aromatic N) is 1. The molecule has 0 aliphatic carbocycles. The first kappa shape index (κ1) is 12.6. The highest BCUT2D eigenvalue weighted by Gasteiger charge is 2.20. The number of piperidine rings is 1. The quantitative estimate of drug-likeness (QED) is 0.703. The van der Waals surface area contributed by atoms with Gasteiger partial charge in [0.2, 0.25) is 11.8 Å². The number of rotatable bonds is 3. The number of carbonyl (C=O) groups is 2. The monoisotopic (exact) mass is 250 g/mol. The van der Waals surface area contributed by atoms with E-state index in [2.05, 4.69) is 20.8 Å². The summed E-state index contributed by atoms with van der Waals surface area (Å²) < 4.78 is 0. The van der Waals surface area contributed by atoms with Crippen LogP contribution in [0, 0.1) is 13.8 Å². The Labute approximate surface area is 106 Å². The smallest absolute Gasteiger partial charge is 0.224 e. The highest BCUT2D eigenvalue weighted by atomic mass is 16.2. The predicted molar refractivity (Wildman–Crippen MR) is 65.9 cm³/mol. The Balaban J connectivity index is 1.87. The molecule has 3 N–H and O–H groups in total. The van der Waals surface area contributed by atoms with Crippen molar-refractivity contribution in [3.63, 3.8) is 0 Å².